The molecule has 0 bridgehead atoms. The van der Waals surface area contributed by atoms with Gasteiger partial charge in [0.25, 0.3) is 0 Å². The van der Waals surface area contributed by atoms with Crippen LogP contribution in [0.15, 0.2) is 30.5 Å². The molecule has 0 aliphatic carbocycles. The number of hydrogen-bond acceptors (Lipinski definition) is 4. The number of unbranched alkanes of at least 4 members (excludes halogenated alkanes) is 2. The molecule has 27 heavy (non-hydrogen) atoms. The summed E-state index contributed by atoms with van der Waals surface area (Å²) in [7, 11) is 0. The molecule has 0 atom stereocenters. The molecule has 1 aromatic heterocycles. The summed E-state index contributed by atoms with van der Waals surface area (Å²) in [6.07, 6.45) is 7.70. The standard InChI is InChI=1S/C22H29FN2O2/c1-3-5-6-8-16-14-26-22(27-15-16)18-11-9-17(10-12-18)19-13-24-20(7-4-2)25-21(19)23/h9-13,16,22H,3-8,14-15H2,1-2H3. The van der Waals surface area contributed by atoms with Crippen molar-refractivity contribution < 1.29 is 13.9 Å². The van der Waals surface area contributed by atoms with Gasteiger partial charge in [-0.3, -0.25) is 0 Å². The molecule has 1 fully saturated rings. The molecule has 5 heteroatoms. The Balaban J connectivity index is 1.60. The van der Waals surface area contributed by atoms with Crippen LogP contribution in [-0.4, -0.2) is 23.2 Å². The number of benzene rings is 1. The summed E-state index contributed by atoms with van der Waals surface area (Å²) in [4.78, 5) is 8.22. The van der Waals surface area contributed by atoms with Crippen LogP contribution in [0.4, 0.5) is 4.39 Å². The third kappa shape index (κ3) is 5.33. The van der Waals surface area contributed by atoms with Gasteiger partial charge in [0.2, 0.25) is 5.95 Å². The highest BCUT2D eigenvalue weighted by molar-refractivity contribution is 5.62. The van der Waals surface area contributed by atoms with Gasteiger partial charge in [0.15, 0.2) is 6.29 Å². The first-order chi connectivity index (χ1) is 13.2. The molecule has 3 rings (SSSR count). The maximum Gasteiger partial charge on any atom is 0.224 e. The van der Waals surface area contributed by atoms with E-state index in [1.165, 1.54) is 19.3 Å². The van der Waals surface area contributed by atoms with Gasteiger partial charge in [-0.05, 0) is 18.4 Å². The number of rotatable bonds is 8. The topological polar surface area (TPSA) is 44.2 Å². The number of ether oxygens (including phenoxy) is 2. The van der Waals surface area contributed by atoms with Crippen molar-refractivity contribution in [3.8, 4) is 11.1 Å². The van der Waals surface area contributed by atoms with Crippen LogP contribution in [0, 0.1) is 11.9 Å². The van der Waals surface area contributed by atoms with Gasteiger partial charge in [-0.2, -0.15) is 4.39 Å². The lowest BCUT2D eigenvalue weighted by atomic mass is 10.0. The van der Waals surface area contributed by atoms with E-state index in [4.69, 9.17) is 9.47 Å². The average molecular weight is 372 g/mol. The molecule has 4 nitrogen and oxygen atoms in total. The summed E-state index contributed by atoms with van der Waals surface area (Å²) in [5, 5.41) is 0. The van der Waals surface area contributed by atoms with Crippen LogP contribution >= 0.6 is 0 Å². The molecule has 2 heterocycles. The van der Waals surface area contributed by atoms with E-state index in [1.54, 1.807) is 6.20 Å². The van der Waals surface area contributed by atoms with Gasteiger partial charge in [0, 0.05) is 24.1 Å². The Morgan fingerprint density at radius 2 is 1.78 bits per heavy atom. The third-order valence-electron chi connectivity index (χ3n) is 4.94. The molecule has 146 valence electrons. The van der Waals surface area contributed by atoms with Crippen LogP contribution in [-0.2, 0) is 15.9 Å². The fourth-order valence-corrected chi connectivity index (χ4v) is 3.34. The van der Waals surface area contributed by atoms with Crippen molar-refractivity contribution in [3.63, 3.8) is 0 Å². The molecule has 2 aromatic rings. The van der Waals surface area contributed by atoms with Crippen LogP contribution in [0.2, 0.25) is 0 Å². The van der Waals surface area contributed by atoms with Gasteiger partial charge < -0.3 is 9.47 Å². The second-order valence-corrected chi connectivity index (χ2v) is 7.22. The van der Waals surface area contributed by atoms with E-state index in [0.29, 0.717) is 23.7 Å². The summed E-state index contributed by atoms with van der Waals surface area (Å²) in [6.45, 7) is 5.71. The molecular weight excluding hydrogens is 343 g/mol. The van der Waals surface area contributed by atoms with E-state index in [0.717, 1.165) is 37.2 Å². The zero-order valence-corrected chi connectivity index (χ0v) is 16.3. The van der Waals surface area contributed by atoms with Gasteiger partial charge >= 0.3 is 0 Å². The van der Waals surface area contributed by atoms with E-state index in [9.17, 15) is 4.39 Å². The summed E-state index contributed by atoms with van der Waals surface area (Å²) < 4.78 is 26.1. The Hall–Kier alpha value is -1.85. The minimum atomic E-state index is -0.471. The fraction of sp³-hybridized carbons (Fsp3) is 0.545. The summed E-state index contributed by atoms with van der Waals surface area (Å²) >= 11 is 0. The van der Waals surface area contributed by atoms with E-state index >= 15 is 0 Å². The van der Waals surface area contributed by atoms with E-state index < -0.39 is 5.95 Å². The van der Waals surface area contributed by atoms with Gasteiger partial charge in [-0.25, -0.2) is 9.97 Å². The first-order valence-corrected chi connectivity index (χ1v) is 10.1. The zero-order chi connectivity index (χ0) is 19.1. The first-order valence-electron chi connectivity index (χ1n) is 10.1. The Morgan fingerprint density at radius 3 is 2.41 bits per heavy atom. The van der Waals surface area contributed by atoms with Crippen LogP contribution in [0.5, 0.6) is 0 Å². The Morgan fingerprint density at radius 1 is 1.04 bits per heavy atom. The Bertz CT molecular complexity index is 713. The normalized spacial score (nSPS) is 20.0. The smallest absolute Gasteiger partial charge is 0.224 e. The molecule has 1 aromatic carbocycles. The first kappa shape index (κ1) is 19.9. The predicted molar refractivity (Wildman–Crippen MR) is 104 cm³/mol. The molecule has 1 aliphatic rings. The quantitative estimate of drug-likeness (QED) is 0.455. The zero-order valence-electron chi connectivity index (χ0n) is 16.3. The summed E-state index contributed by atoms with van der Waals surface area (Å²) in [5.74, 6) is 0.564. The highest BCUT2D eigenvalue weighted by atomic mass is 19.1. The van der Waals surface area contributed by atoms with Crippen molar-refractivity contribution in [2.75, 3.05) is 13.2 Å². The van der Waals surface area contributed by atoms with Crippen LogP contribution < -0.4 is 0 Å². The maximum atomic E-state index is 14.3. The van der Waals surface area contributed by atoms with Crippen molar-refractivity contribution >= 4 is 0 Å². The average Bonchev–Trinajstić information content (AvgIpc) is 2.69. The van der Waals surface area contributed by atoms with Crippen LogP contribution in [0.25, 0.3) is 11.1 Å². The van der Waals surface area contributed by atoms with Crippen molar-refractivity contribution in [2.45, 2.75) is 58.7 Å². The fourth-order valence-electron chi connectivity index (χ4n) is 3.34. The van der Waals surface area contributed by atoms with Crippen LogP contribution in [0.3, 0.4) is 0 Å². The lowest BCUT2D eigenvalue weighted by Gasteiger charge is -2.29. The number of hydrogen-bond donors (Lipinski definition) is 0. The van der Waals surface area contributed by atoms with Gasteiger partial charge in [-0.1, -0.05) is 57.4 Å². The molecule has 0 spiro atoms. The van der Waals surface area contributed by atoms with Crippen molar-refractivity contribution in [3.05, 3.63) is 47.8 Å². The number of halogens is 1. The lowest BCUT2D eigenvalue weighted by Crippen LogP contribution is -2.27. The second-order valence-electron chi connectivity index (χ2n) is 7.22. The molecule has 0 unspecified atom stereocenters. The predicted octanol–water partition coefficient (Wildman–Crippen LogP) is 5.48. The van der Waals surface area contributed by atoms with Crippen molar-refractivity contribution in [1.82, 2.24) is 9.97 Å². The Kier molecular flexibility index (Phi) is 7.30. The Labute approximate surface area is 161 Å². The minimum absolute atomic E-state index is 0.338. The second kappa shape index (κ2) is 9.90. The summed E-state index contributed by atoms with van der Waals surface area (Å²) in [5.41, 5.74) is 2.13. The van der Waals surface area contributed by atoms with E-state index in [-0.39, 0.29) is 6.29 Å². The molecule has 1 saturated heterocycles. The van der Waals surface area contributed by atoms with Crippen molar-refractivity contribution in [1.29, 1.82) is 0 Å². The molecule has 0 N–H and O–H groups in total. The van der Waals surface area contributed by atoms with Gasteiger partial charge in [0.1, 0.15) is 5.82 Å². The molecular formula is C22H29FN2O2. The number of aryl methyl sites for hydroxylation is 1. The molecule has 1 aliphatic heterocycles. The van der Waals surface area contributed by atoms with Gasteiger partial charge in [0.05, 0.1) is 18.8 Å². The largest absolute Gasteiger partial charge is 0.348 e. The highest BCUT2D eigenvalue weighted by Gasteiger charge is 2.23. The van der Waals surface area contributed by atoms with Gasteiger partial charge in [-0.15, -0.1) is 0 Å². The van der Waals surface area contributed by atoms with Crippen molar-refractivity contribution in [2.24, 2.45) is 5.92 Å². The molecule has 0 saturated carbocycles. The number of nitrogens with zero attached hydrogens (tertiary/aromatic N) is 2. The lowest BCUT2D eigenvalue weighted by molar-refractivity contribution is -0.206. The monoisotopic (exact) mass is 372 g/mol. The maximum absolute atomic E-state index is 14.3. The third-order valence-corrected chi connectivity index (χ3v) is 4.94. The van der Waals surface area contributed by atoms with E-state index in [2.05, 4.69) is 16.9 Å². The van der Waals surface area contributed by atoms with Crippen LogP contribution in [0.1, 0.15) is 63.6 Å². The molecule has 0 amide bonds. The SMILES string of the molecule is CCCCCC1COC(c2ccc(-c3cnc(CCC)nc3F)cc2)OC1. The molecule has 0 radical (unpaired) electrons. The number of aromatic nitrogens is 2. The minimum Gasteiger partial charge on any atom is -0.348 e. The highest BCUT2D eigenvalue weighted by Crippen LogP contribution is 2.29. The van der Waals surface area contributed by atoms with E-state index in [1.807, 2.05) is 31.2 Å². The summed E-state index contributed by atoms with van der Waals surface area (Å²) in [6, 6.07) is 7.60.